The Kier molecular flexibility index (Phi) is 3.14. The standard InChI is InChI=1S/C13H11N5O/c1-2-11(13-18-17-9-19-13)4-12(3-1)16-7-10-5-14-8-15-6-10/h1-6,8-9,16H,7H2. The number of aromatic nitrogens is 4. The van der Waals surface area contributed by atoms with Gasteiger partial charge in [0, 0.05) is 35.8 Å². The zero-order valence-electron chi connectivity index (χ0n) is 10.0. The van der Waals surface area contributed by atoms with Gasteiger partial charge in [-0.1, -0.05) is 6.07 Å². The molecule has 6 heteroatoms. The van der Waals surface area contributed by atoms with Crippen LogP contribution in [0.1, 0.15) is 5.56 Å². The van der Waals surface area contributed by atoms with Gasteiger partial charge in [0.2, 0.25) is 12.3 Å². The third kappa shape index (κ3) is 2.74. The smallest absolute Gasteiger partial charge is 0.247 e. The van der Waals surface area contributed by atoms with Gasteiger partial charge in [-0.3, -0.25) is 0 Å². The monoisotopic (exact) mass is 253 g/mol. The lowest BCUT2D eigenvalue weighted by atomic mass is 10.2. The Morgan fingerprint density at radius 1 is 1.16 bits per heavy atom. The van der Waals surface area contributed by atoms with Crippen LogP contribution in [-0.4, -0.2) is 20.2 Å². The van der Waals surface area contributed by atoms with Crippen molar-refractivity contribution in [2.45, 2.75) is 6.54 Å². The van der Waals surface area contributed by atoms with E-state index in [1.807, 2.05) is 24.3 Å². The van der Waals surface area contributed by atoms with Crippen molar-refractivity contribution in [3.05, 3.63) is 54.9 Å². The van der Waals surface area contributed by atoms with Gasteiger partial charge in [-0.2, -0.15) is 0 Å². The molecule has 1 aromatic carbocycles. The maximum atomic E-state index is 5.17. The second-order valence-electron chi connectivity index (χ2n) is 3.92. The van der Waals surface area contributed by atoms with Gasteiger partial charge in [0.05, 0.1) is 0 Å². The first kappa shape index (κ1) is 11.3. The van der Waals surface area contributed by atoms with E-state index in [0.29, 0.717) is 12.4 Å². The molecule has 0 fully saturated rings. The summed E-state index contributed by atoms with van der Waals surface area (Å²) in [5.74, 6) is 0.506. The molecule has 0 bridgehead atoms. The SMILES string of the molecule is c1cc(NCc2cncnc2)cc(-c2nnco2)c1. The molecule has 2 heterocycles. The van der Waals surface area contributed by atoms with Crippen LogP contribution in [0.2, 0.25) is 0 Å². The molecule has 0 aliphatic heterocycles. The summed E-state index contributed by atoms with van der Waals surface area (Å²) in [6, 6.07) is 7.79. The van der Waals surface area contributed by atoms with Crippen LogP contribution in [0.3, 0.4) is 0 Å². The van der Waals surface area contributed by atoms with E-state index in [4.69, 9.17) is 4.42 Å². The number of nitrogens with one attached hydrogen (secondary N) is 1. The van der Waals surface area contributed by atoms with Crippen molar-refractivity contribution in [2.24, 2.45) is 0 Å². The minimum absolute atomic E-state index is 0.506. The number of nitrogens with zero attached hydrogens (tertiary/aromatic N) is 4. The maximum absolute atomic E-state index is 5.17. The molecule has 0 aliphatic rings. The quantitative estimate of drug-likeness (QED) is 0.767. The highest BCUT2D eigenvalue weighted by Crippen LogP contribution is 2.20. The van der Waals surface area contributed by atoms with Crippen LogP contribution >= 0.6 is 0 Å². The fourth-order valence-corrected chi connectivity index (χ4v) is 1.69. The average molecular weight is 253 g/mol. The topological polar surface area (TPSA) is 76.7 Å². The molecule has 19 heavy (non-hydrogen) atoms. The summed E-state index contributed by atoms with van der Waals surface area (Å²) in [5, 5.41) is 10.8. The third-order valence-corrected chi connectivity index (χ3v) is 2.58. The lowest BCUT2D eigenvalue weighted by molar-refractivity contribution is 0.568. The maximum Gasteiger partial charge on any atom is 0.247 e. The Labute approximate surface area is 109 Å². The number of benzene rings is 1. The lowest BCUT2D eigenvalue weighted by Gasteiger charge is -2.06. The van der Waals surface area contributed by atoms with E-state index in [1.165, 1.54) is 12.7 Å². The highest BCUT2D eigenvalue weighted by atomic mass is 16.4. The van der Waals surface area contributed by atoms with Crippen LogP contribution < -0.4 is 5.32 Å². The molecule has 0 unspecified atom stereocenters. The van der Waals surface area contributed by atoms with Crippen molar-refractivity contribution in [1.82, 2.24) is 20.2 Å². The predicted octanol–water partition coefficient (Wildman–Crippen LogP) is 2.14. The summed E-state index contributed by atoms with van der Waals surface area (Å²) >= 11 is 0. The molecule has 3 rings (SSSR count). The molecule has 94 valence electrons. The van der Waals surface area contributed by atoms with Gasteiger partial charge < -0.3 is 9.73 Å². The minimum Gasteiger partial charge on any atom is -0.423 e. The van der Waals surface area contributed by atoms with Crippen LogP contribution in [0.25, 0.3) is 11.5 Å². The average Bonchev–Trinajstić information content (AvgIpc) is 3.01. The molecule has 0 saturated heterocycles. The molecule has 0 spiro atoms. The molecule has 0 saturated carbocycles. The van der Waals surface area contributed by atoms with Gasteiger partial charge in [0.1, 0.15) is 6.33 Å². The van der Waals surface area contributed by atoms with E-state index in [-0.39, 0.29) is 0 Å². The summed E-state index contributed by atoms with van der Waals surface area (Å²) in [7, 11) is 0. The van der Waals surface area contributed by atoms with Gasteiger partial charge in [-0.05, 0) is 18.2 Å². The van der Waals surface area contributed by atoms with Crippen molar-refractivity contribution < 1.29 is 4.42 Å². The van der Waals surface area contributed by atoms with E-state index in [9.17, 15) is 0 Å². The number of anilines is 1. The van der Waals surface area contributed by atoms with Crippen LogP contribution in [0.4, 0.5) is 5.69 Å². The Hall–Kier alpha value is -2.76. The Balaban J connectivity index is 1.74. The van der Waals surface area contributed by atoms with E-state index in [2.05, 4.69) is 25.5 Å². The zero-order chi connectivity index (χ0) is 12.9. The summed E-state index contributed by atoms with van der Waals surface area (Å²) in [5.41, 5.74) is 2.87. The van der Waals surface area contributed by atoms with Crippen LogP contribution in [0, 0.1) is 0 Å². The number of rotatable bonds is 4. The first-order valence-electron chi connectivity index (χ1n) is 5.76. The van der Waals surface area contributed by atoms with Crippen LogP contribution in [-0.2, 0) is 6.54 Å². The molecule has 1 N–H and O–H groups in total. The molecule has 0 aliphatic carbocycles. The van der Waals surface area contributed by atoms with Crippen molar-refractivity contribution in [3.63, 3.8) is 0 Å². The third-order valence-electron chi connectivity index (χ3n) is 2.58. The summed E-state index contributed by atoms with van der Waals surface area (Å²) in [4.78, 5) is 7.94. The van der Waals surface area contributed by atoms with E-state index >= 15 is 0 Å². The van der Waals surface area contributed by atoms with Crippen molar-refractivity contribution >= 4 is 5.69 Å². The molecule has 0 atom stereocenters. The lowest BCUT2D eigenvalue weighted by Crippen LogP contribution is -2.00. The van der Waals surface area contributed by atoms with Gasteiger partial charge in [0.25, 0.3) is 0 Å². The second-order valence-corrected chi connectivity index (χ2v) is 3.92. The Bertz CT molecular complexity index is 639. The molecule has 0 radical (unpaired) electrons. The van der Waals surface area contributed by atoms with Crippen LogP contribution in [0.15, 0.2) is 53.8 Å². The number of hydrogen-bond acceptors (Lipinski definition) is 6. The van der Waals surface area contributed by atoms with E-state index in [1.54, 1.807) is 12.4 Å². The molecular formula is C13H11N5O. The fourth-order valence-electron chi connectivity index (χ4n) is 1.69. The summed E-state index contributed by atoms with van der Waals surface area (Å²) in [6.45, 7) is 0.661. The van der Waals surface area contributed by atoms with Crippen LogP contribution in [0.5, 0.6) is 0 Å². The molecular weight excluding hydrogens is 242 g/mol. The van der Waals surface area contributed by atoms with Crippen molar-refractivity contribution in [3.8, 4) is 11.5 Å². The Morgan fingerprint density at radius 3 is 2.84 bits per heavy atom. The van der Waals surface area contributed by atoms with Gasteiger partial charge in [-0.25, -0.2) is 9.97 Å². The highest BCUT2D eigenvalue weighted by Gasteiger charge is 2.03. The van der Waals surface area contributed by atoms with Gasteiger partial charge in [0.15, 0.2) is 0 Å². The Morgan fingerprint density at radius 2 is 2.05 bits per heavy atom. The molecule has 2 aromatic heterocycles. The van der Waals surface area contributed by atoms with E-state index in [0.717, 1.165) is 16.8 Å². The molecule has 3 aromatic rings. The fraction of sp³-hybridized carbons (Fsp3) is 0.0769. The zero-order valence-corrected chi connectivity index (χ0v) is 10.0. The molecule has 6 nitrogen and oxygen atoms in total. The molecule has 0 amide bonds. The normalized spacial score (nSPS) is 10.3. The van der Waals surface area contributed by atoms with Gasteiger partial charge in [-0.15, -0.1) is 10.2 Å². The number of hydrogen-bond donors (Lipinski definition) is 1. The highest BCUT2D eigenvalue weighted by molar-refractivity contribution is 5.60. The largest absolute Gasteiger partial charge is 0.423 e. The van der Waals surface area contributed by atoms with E-state index < -0.39 is 0 Å². The first-order chi connectivity index (χ1) is 9.42. The second kappa shape index (κ2) is 5.26. The summed E-state index contributed by atoms with van der Waals surface area (Å²) in [6.07, 6.45) is 6.39. The minimum atomic E-state index is 0.506. The van der Waals surface area contributed by atoms with Gasteiger partial charge >= 0.3 is 0 Å². The predicted molar refractivity (Wildman–Crippen MR) is 69.1 cm³/mol. The van der Waals surface area contributed by atoms with Crippen molar-refractivity contribution in [1.29, 1.82) is 0 Å². The summed E-state index contributed by atoms with van der Waals surface area (Å²) < 4.78 is 5.17. The first-order valence-corrected chi connectivity index (χ1v) is 5.76. The van der Waals surface area contributed by atoms with Crippen molar-refractivity contribution in [2.75, 3.05) is 5.32 Å².